The number of nitrogens with one attached hydrogen (secondary N) is 1. The number of rotatable bonds is 4. The monoisotopic (exact) mass is 406 g/mol. The van der Waals surface area contributed by atoms with Crippen molar-refractivity contribution < 1.29 is 18.7 Å². The fourth-order valence-corrected chi connectivity index (χ4v) is 3.16. The number of piperidine rings is 1. The quantitative estimate of drug-likeness (QED) is 0.842. The van der Waals surface area contributed by atoms with Crippen LogP contribution >= 0.6 is 15.9 Å². The number of hydrogen-bond acceptors (Lipinski definition) is 4. The Hall–Kier alpha value is -2.28. The van der Waals surface area contributed by atoms with E-state index in [1.165, 1.54) is 0 Å². The molecule has 132 valence electrons. The SMILES string of the molecule is COc1ccc(NC(=O)C2CCN(C(=O)c3ccc(Br)o3)CC2)cc1. The van der Waals surface area contributed by atoms with Crippen molar-refractivity contribution in [3.63, 3.8) is 0 Å². The van der Waals surface area contributed by atoms with Crippen molar-refractivity contribution in [2.75, 3.05) is 25.5 Å². The molecule has 6 nitrogen and oxygen atoms in total. The summed E-state index contributed by atoms with van der Waals surface area (Å²) in [6, 6.07) is 10.6. The molecule has 2 amide bonds. The predicted molar refractivity (Wildman–Crippen MR) is 96.7 cm³/mol. The molecule has 1 aliphatic rings. The van der Waals surface area contributed by atoms with Gasteiger partial charge in [0.1, 0.15) is 5.75 Å². The van der Waals surface area contributed by atoms with Crippen molar-refractivity contribution in [3.05, 3.63) is 46.8 Å². The summed E-state index contributed by atoms with van der Waals surface area (Å²) in [6.07, 6.45) is 1.27. The molecule has 1 saturated heterocycles. The molecule has 0 spiro atoms. The van der Waals surface area contributed by atoms with Gasteiger partial charge in [0.15, 0.2) is 10.4 Å². The standard InChI is InChI=1S/C18H19BrN2O4/c1-24-14-4-2-13(3-5-14)20-17(22)12-8-10-21(11-9-12)18(23)15-6-7-16(19)25-15/h2-7,12H,8-11H2,1H3,(H,20,22). The fraction of sp³-hybridized carbons (Fsp3) is 0.333. The number of likely N-dealkylation sites (tertiary alicyclic amines) is 1. The van der Waals surface area contributed by atoms with Crippen LogP contribution in [0.15, 0.2) is 45.5 Å². The Morgan fingerprint density at radius 1 is 1.16 bits per heavy atom. The van der Waals surface area contributed by atoms with Crippen LogP contribution in [0.5, 0.6) is 5.75 Å². The lowest BCUT2D eigenvalue weighted by Crippen LogP contribution is -2.41. The molecule has 0 saturated carbocycles. The van der Waals surface area contributed by atoms with Gasteiger partial charge in [-0.3, -0.25) is 9.59 Å². The topological polar surface area (TPSA) is 71.8 Å². The van der Waals surface area contributed by atoms with E-state index >= 15 is 0 Å². The molecule has 2 aromatic rings. The first kappa shape index (κ1) is 17.5. The van der Waals surface area contributed by atoms with Gasteiger partial charge in [0, 0.05) is 24.7 Å². The number of amides is 2. The van der Waals surface area contributed by atoms with Gasteiger partial charge in [-0.15, -0.1) is 0 Å². The zero-order valence-corrected chi connectivity index (χ0v) is 15.4. The van der Waals surface area contributed by atoms with Crippen LogP contribution in [-0.4, -0.2) is 36.9 Å². The van der Waals surface area contributed by atoms with Gasteiger partial charge in [-0.05, 0) is 65.2 Å². The minimum Gasteiger partial charge on any atom is -0.497 e. The van der Waals surface area contributed by atoms with E-state index in [9.17, 15) is 9.59 Å². The van der Waals surface area contributed by atoms with Crippen molar-refractivity contribution in [1.29, 1.82) is 0 Å². The van der Waals surface area contributed by atoms with E-state index in [-0.39, 0.29) is 17.7 Å². The second-order valence-electron chi connectivity index (χ2n) is 5.89. The Morgan fingerprint density at radius 2 is 1.84 bits per heavy atom. The maximum absolute atomic E-state index is 12.4. The summed E-state index contributed by atoms with van der Waals surface area (Å²) in [5.41, 5.74) is 0.741. The Bertz CT molecular complexity index is 749. The number of nitrogens with zero attached hydrogens (tertiary/aromatic N) is 1. The number of halogens is 1. The summed E-state index contributed by atoms with van der Waals surface area (Å²) >= 11 is 3.20. The highest BCUT2D eigenvalue weighted by Crippen LogP contribution is 2.23. The van der Waals surface area contributed by atoms with Gasteiger partial charge in [-0.25, -0.2) is 0 Å². The van der Waals surface area contributed by atoms with Gasteiger partial charge in [-0.2, -0.15) is 0 Å². The average molecular weight is 407 g/mol. The molecule has 1 aromatic heterocycles. The molecule has 0 atom stereocenters. The van der Waals surface area contributed by atoms with E-state index in [1.54, 1.807) is 36.3 Å². The van der Waals surface area contributed by atoms with Crippen LogP contribution in [0.1, 0.15) is 23.4 Å². The summed E-state index contributed by atoms with van der Waals surface area (Å²) in [7, 11) is 1.60. The number of methoxy groups -OCH3 is 1. The van der Waals surface area contributed by atoms with E-state index < -0.39 is 0 Å². The molecule has 3 rings (SSSR count). The maximum atomic E-state index is 12.4. The van der Waals surface area contributed by atoms with Crippen molar-refractivity contribution in [2.24, 2.45) is 5.92 Å². The summed E-state index contributed by atoms with van der Waals surface area (Å²) in [5.74, 6) is 0.801. The van der Waals surface area contributed by atoms with Gasteiger partial charge in [0.05, 0.1) is 7.11 Å². The molecule has 0 bridgehead atoms. The number of hydrogen-bond donors (Lipinski definition) is 1. The van der Waals surface area contributed by atoms with Crippen LogP contribution in [0.3, 0.4) is 0 Å². The summed E-state index contributed by atoms with van der Waals surface area (Å²) in [6.45, 7) is 1.08. The van der Waals surface area contributed by atoms with E-state index in [1.807, 2.05) is 12.1 Å². The number of furan rings is 1. The Balaban J connectivity index is 1.52. The third-order valence-corrected chi connectivity index (χ3v) is 4.72. The number of anilines is 1. The Labute approximate surface area is 154 Å². The van der Waals surface area contributed by atoms with Gasteiger partial charge in [0.25, 0.3) is 5.91 Å². The molecule has 0 aliphatic carbocycles. The van der Waals surface area contributed by atoms with Crippen LogP contribution in [0.25, 0.3) is 0 Å². The van der Waals surface area contributed by atoms with E-state index in [4.69, 9.17) is 9.15 Å². The zero-order valence-electron chi connectivity index (χ0n) is 13.8. The van der Waals surface area contributed by atoms with Crippen LogP contribution in [0, 0.1) is 5.92 Å². The predicted octanol–water partition coefficient (Wildman–Crippen LogP) is 3.54. The smallest absolute Gasteiger partial charge is 0.289 e. The lowest BCUT2D eigenvalue weighted by molar-refractivity contribution is -0.121. The minimum atomic E-state index is -0.139. The molecule has 2 heterocycles. The number of benzene rings is 1. The zero-order chi connectivity index (χ0) is 17.8. The Kier molecular flexibility index (Phi) is 5.43. The summed E-state index contributed by atoms with van der Waals surface area (Å²) in [5, 5.41) is 2.92. The van der Waals surface area contributed by atoms with Crippen molar-refractivity contribution in [2.45, 2.75) is 12.8 Å². The van der Waals surface area contributed by atoms with Crippen molar-refractivity contribution in [1.82, 2.24) is 4.90 Å². The molecule has 0 radical (unpaired) electrons. The molecule has 0 unspecified atom stereocenters. The van der Waals surface area contributed by atoms with Crippen LogP contribution < -0.4 is 10.1 Å². The van der Waals surface area contributed by atoms with E-state index in [0.29, 0.717) is 36.4 Å². The summed E-state index contributed by atoms with van der Waals surface area (Å²) < 4.78 is 10.9. The molecular formula is C18H19BrN2O4. The van der Waals surface area contributed by atoms with E-state index in [2.05, 4.69) is 21.2 Å². The van der Waals surface area contributed by atoms with Crippen LogP contribution in [0.2, 0.25) is 0 Å². The number of carbonyl (C=O) groups excluding carboxylic acids is 2. The number of ether oxygens (including phenoxy) is 1. The molecular weight excluding hydrogens is 388 g/mol. The molecule has 1 fully saturated rings. The first-order valence-corrected chi connectivity index (χ1v) is 8.85. The molecule has 1 aliphatic heterocycles. The van der Waals surface area contributed by atoms with Gasteiger partial charge >= 0.3 is 0 Å². The summed E-state index contributed by atoms with van der Waals surface area (Å²) in [4.78, 5) is 26.5. The third-order valence-electron chi connectivity index (χ3n) is 4.29. The van der Waals surface area contributed by atoms with Crippen LogP contribution in [0.4, 0.5) is 5.69 Å². The first-order chi connectivity index (χ1) is 12.1. The second kappa shape index (κ2) is 7.74. The molecule has 1 N–H and O–H groups in total. The van der Waals surface area contributed by atoms with Gasteiger partial charge in [0.2, 0.25) is 5.91 Å². The highest BCUT2D eigenvalue weighted by atomic mass is 79.9. The van der Waals surface area contributed by atoms with Crippen LogP contribution in [-0.2, 0) is 4.79 Å². The molecule has 1 aromatic carbocycles. The molecule has 7 heteroatoms. The first-order valence-electron chi connectivity index (χ1n) is 8.06. The average Bonchev–Trinajstić information content (AvgIpc) is 3.08. The highest BCUT2D eigenvalue weighted by molar-refractivity contribution is 9.10. The lowest BCUT2D eigenvalue weighted by Gasteiger charge is -2.30. The minimum absolute atomic E-state index is 0.0157. The lowest BCUT2D eigenvalue weighted by atomic mass is 9.95. The normalized spacial score (nSPS) is 15.0. The second-order valence-corrected chi connectivity index (χ2v) is 6.67. The van der Waals surface area contributed by atoms with E-state index in [0.717, 1.165) is 11.4 Å². The highest BCUT2D eigenvalue weighted by Gasteiger charge is 2.29. The van der Waals surface area contributed by atoms with Crippen molar-refractivity contribution in [3.8, 4) is 5.75 Å². The Morgan fingerprint density at radius 3 is 2.40 bits per heavy atom. The van der Waals surface area contributed by atoms with Gasteiger partial charge in [-0.1, -0.05) is 0 Å². The van der Waals surface area contributed by atoms with Gasteiger partial charge < -0.3 is 19.4 Å². The maximum Gasteiger partial charge on any atom is 0.289 e. The fourth-order valence-electron chi connectivity index (χ4n) is 2.85. The largest absolute Gasteiger partial charge is 0.497 e. The third kappa shape index (κ3) is 4.22. The molecule has 25 heavy (non-hydrogen) atoms. The van der Waals surface area contributed by atoms with Crippen molar-refractivity contribution >= 4 is 33.4 Å². The number of carbonyl (C=O) groups is 2.